The van der Waals surface area contributed by atoms with E-state index in [4.69, 9.17) is 18.0 Å². The second-order valence-corrected chi connectivity index (χ2v) is 6.22. The minimum Gasteiger partial charge on any atom is -0.392 e. The molecule has 0 spiro atoms. The summed E-state index contributed by atoms with van der Waals surface area (Å²) in [6.07, 6.45) is 3.07. The molecule has 2 atom stereocenters. The zero-order chi connectivity index (χ0) is 15.8. The van der Waals surface area contributed by atoms with Gasteiger partial charge in [-0.1, -0.05) is 32.5 Å². The lowest BCUT2D eigenvalue weighted by Crippen LogP contribution is -2.57. The first-order valence-electron chi connectivity index (χ1n) is 8.06. The molecule has 1 rings (SSSR count). The van der Waals surface area contributed by atoms with Gasteiger partial charge in [0.2, 0.25) is 5.91 Å². The summed E-state index contributed by atoms with van der Waals surface area (Å²) in [6, 6.07) is 0.143. The van der Waals surface area contributed by atoms with E-state index in [1.165, 1.54) is 0 Å². The number of carbonyl (C=O) groups is 1. The molecule has 6 heteroatoms. The summed E-state index contributed by atoms with van der Waals surface area (Å²) in [5, 5.41) is 2.97. The zero-order valence-corrected chi connectivity index (χ0v) is 14.4. The van der Waals surface area contributed by atoms with Crippen LogP contribution in [0.1, 0.15) is 40.0 Å². The van der Waals surface area contributed by atoms with Crippen molar-refractivity contribution in [2.45, 2.75) is 52.1 Å². The van der Waals surface area contributed by atoms with Gasteiger partial charge in [0, 0.05) is 32.7 Å². The lowest BCUT2D eigenvalue weighted by Gasteiger charge is -2.40. The Morgan fingerprint density at radius 3 is 2.24 bits per heavy atom. The Balaban J connectivity index is 2.47. The third-order valence-corrected chi connectivity index (χ3v) is 4.43. The molecular weight excluding hydrogens is 284 g/mol. The van der Waals surface area contributed by atoms with Crippen molar-refractivity contribution < 1.29 is 4.79 Å². The van der Waals surface area contributed by atoms with Crippen LogP contribution in [0.25, 0.3) is 0 Å². The van der Waals surface area contributed by atoms with Crippen molar-refractivity contribution in [2.24, 2.45) is 5.73 Å². The number of thiocarbonyl (C=S) groups is 1. The maximum absolute atomic E-state index is 12.0. The fourth-order valence-corrected chi connectivity index (χ4v) is 3.04. The minimum atomic E-state index is -0.0619. The van der Waals surface area contributed by atoms with Gasteiger partial charge in [-0.25, -0.2) is 0 Å². The van der Waals surface area contributed by atoms with Gasteiger partial charge in [0.05, 0.1) is 17.1 Å². The summed E-state index contributed by atoms with van der Waals surface area (Å²) >= 11 is 5.19. The van der Waals surface area contributed by atoms with Crippen LogP contribution < -0.4 is 11.1 Å². The fraction of sp³-hybridized carbons (Fsp3) is 0.867. The third kappa shape index (κ3) is 5.52. The molecule has 1 fully saturated rings. The van der Waals surface area contributed by atoms with Crippen molar-refractivity contribution in [2.75, 3.05) is 32.7 Å². The minimum absolute atomic E-state index is 0.0619. The Bertz CT molecular complexity index is 343. The van der Waals surface area contributed by atoms with Crippen LogP contribution in [0.2, 0.25) is 0 Å². The van der Waals surface area contributed by atoms with Gasteiger partial charge < -0.3 is 11.1 Å². The number of nitrogens with one attached hydrogen (secondary N) is 1. The number of nitrogens with zero attached hydrogens (tertiary/aromatic N) is 2. The molecule has 2 unspecified atom stereocenters. The molecule has 0 radical (unpaired) electrons. The first-order chi connectivity index (χ1) is 10.0. The van der Waals surface area contributed by atoms with Gasteiger partial charge in [-0.3, -0.25) is 14.6 Å². The number of rotatable bonds is 8. The van der Waals surface area contributed by atoms with Crippen LogP contribution in [0.4, 0.5) is 0 Å². The van der Waals surface area contributed by atoms with Gasteiger partial charge in [0.25, 0.3) is 0 Å². The van der Waals surface area contributed by atoms with E-state index in [2.05, 4.69) is 29.0 Å². The van der Waals surface area contributed by atoms with Crippen molar-refractivity contribution in [1.29, 1.82) is 0 Å². The maximum Gasteiger partial charge on any atom is 0.237 e. The molecular formula is C15H30N4OS. The van der Waals surface area contributed by atoms with Crippen LogP contribution >= 0.6 is 12.2 Å². The molecule has 3 N–H and O–H groups in total. The Morgan fingerprint density at radius 2 is 1.76 bits per heavy atom. The largest absolute Gasteiger partial charge is 0.392 e. The van der Waals surface area contributed by atoms with Crippen LogP contribution in [0, 0.1) is 0 Å². The number of carbonyl (C=O) groups excluding carboxylic acids is 1. The van der Waals surface area contributed by atoms with Gasteiger partial charge in [-0.15, -0.1) is 0 Å². The number of hydrogen-bond acceptors (Lipinski definition) is 4. The van der Waals surface area contributed by atoms with Crippen molar-refractivity contribution in [3.05, 3.63) is 0 Å². The maximum atomic E-state index is 12.0. The summed E-state index contributed by atoms with van der Waals surface area (Å²) in [4.78, 5) is 17.2. The van der Waals surface area contributed by atoms with Crippen molar-refractivity contribution in [3.8, 4) is 0 Å². The molecule has 0 aromatic carbocycles. The van der Waals surface area contributed by atoms with Crippen molar-refractivity contribution in [1.82, 2.24) is 15.1 Å². The predicted molar refractivity (Wildman–Crippen MR) is 91.4 cm³/mol. The van der Waals surface area contributed by atoms with Crippen LogP contribution in [0.5, 0.6) is 0 Å². The summed E-state index contributed by atoms with van der Waals surface area (Å²) in [5.74, 6) is 0.129. The number of hydrogen-bond donors (Lipinski definition) is 2. The molecule has 0 aromatic rings. The van der Waals surface area contributed by atoms with Gasteiger partial charge in [-0.2, -0.15) is 0 Å². The average molecular weight is 314 g/mol. The van der Waals surface area contributed by atoms with Gasteiger partial charge in [0.1, 0.15) is 0 Å². The molecule has 122 valence electrons. The summed E-state index contributed by atoms with van der Waals surface area (Å²) in [7, 11) is 0. The van der Waals surface area contributed by atoms with Crippen LogP contribution in [0.3, 0.4) is 0 Å². The SMILES string of the molecule is CCCNC(=O)C(C)N1CCN(C(CCC)C(N)=S)CC1. The molecule has 21 heavy (non-hydrogen) atoms. The number of piperazine rings is 1. The highest BCUT2D eigenvalue weighted by Gasteiger charge is 2.29. The van der Waals surface area contributed by atoms with E-state index in [0.717, 1.165) is 52.0 Å². The highest BCUT2D eigenvalue weighted by atomic mass is 32.1. The Kier molecular flexibility index (Phi) is 8.14. The van der Waals surface area contributed by atoms with Crippen LogP contribution in [-0.2, 0) is 4.79 Å². The lowest BCUT2D eigenvalue weighted by molar-refractivity contribution is -0.126. The van der Waals surface area contributed by atoms with E-state index in [0.29, 0.717) is 4.99 Å². The lowest BCUT2D eigenvalue weighted by atomic mass is 10.1. The molecule has 1 heterocycles. The third-order valence-electron chi connectivity index (χ3n) is 4.16. The number of amides is 1. The predicted octanol–water partition coefficient (Wildman–Crippen LogP) is 0.974. The summed E-state index contributed by atoms with van der Waals surface area (Å²) in [6.45, 7) is 10.6. The van der Waals surface area contributed by atoms with Crippen LogP contribution in [0.15, 0.2) is 0 Å². The Hall–Kier alpha value is -0.720. The standard InChI is InChI=1S/C15H30N4OS/c1-4-6-13(14(16)21)19-10-8-18(9-11-19)12(3)15(20)17-7-5-2/h12-13H,4-11H2,1-3H3,(H2,16,21)(H,17,20). The molecule has 1 aliphatic rings. The first-order valence-corrected chi connectivity index (χ1v) is 8.47. The smallest absolute Gasteiger partial charge is 0.237 e. The zero-order valence-electron chi connectivity index (χ0n) is 13.6. The van der Waals surface area contributed by atoms with E-state index < -0.39 is 0 Å². The normalized spacial score (nSPS) is 20.0. The van der Waals surface area contributed by atoms with Gasteiger partial charge in [-0.05, 0) is 19.8 Å². The number of nitrogens with two attached hydrogens (primary N) is 1. The van der Waals surface area contributed by atoms with E-state index in [1.54, 1.807) is 0 Å². The molecule has 0 aliphatic carbocycles. The highest BCUT2D eigenvalue weighted by Crippen LogP contribution is 2.13. The van der Waals surface area contributed by atoms with Crippen molar-refractivity contribution in [3.63, 3.8) is 0 Å². The summed E-state index contributed by atoms with van der Waals surface area (Å²) < 4.78 is 0. The second kappa shape index (κ2) is 9.33. The fourth-order valence-electron chi connectivity index (χ4n) is 2.78. The average Bonchev–Trinajstić information content (AvgIpc) is 2.49. The molecule has 1 aliphatic heterocycles. The molecule has 1 saturated heterocycles. The second-order valence-electron chi connectivity index (χ2n) is 5.75. The summed E-state index contributed by atoms with van der Waals surface area (Å²) in [5.41, 5.74) is 5.86. The van der Waals surface area contributed by atoms with Crippen LogP contribution in [-0.4, -0.2) is 65.5 Å². The molecule has 0 saturated carbocycles. The first kappa shape index (κ1) is 18.3. The van der Waals surface area contributed by atoms with Gasteiger partial charge in [0.15, 0.2) is 0 Å². The molecule has 5 nitrogen and oxygen atoms in total. The Labute approximate surface area is 134 Å². The van der Waals surface area contributed by atoms with E-state index in [-0.39, 0.29) is 18.0 Å². The topological polar surface area (TPSA) is 61.6 Å². The van der Waals surface area contributed by atoms with E-state index >= 15 is 0 Å². The highest BCUT2D eigenvalue weighted by molar-refractivity contribution is 7.80. The molecule has 0 bridgehead atoms. The van der Waals surface area contributed by atoms with E-state index in [1.807, 2.05) is 6.92 Å². The Morgan fingerprint density at radius 1 is 1.19 bits per heavy atom. The molecule has 0 aromatic heterocycles. The van der Waals surface area contributed by atoms with Crippen molar-refractivity contribution >= 4 is 23.1 Å². The van der Waals surface area contributed by atoms with E-state index in [9.17, 15) is 4.79 Å². The quantitative estimate of drug-likeness (QED) is 0.654. The molecule has 1 amide bonds. The monoisotopic (exact) mass is 314 g/mol. The van der Waals surface area contributed by atoms with Gasteiger partial charge >= 0.3 is 0 Å².